The van der Waals surface area contributed by atoms with Crippen molar-refractivity contribution in [1.82, 2.24) is 0 Å². The maximum atomic E-state index is 12.2. The number of hydrogen-bond donors (Lipinski definition) is 0. The molecule has 2 aromatic carbocycles. The van der Waals surface area contributed by atoms with Crippen molar-refractivity contribution in [1.29, 1.82) is 0 Å². The molecule has 0 aliphatic carbocycles. The number of benzene rings is 2. The van der Waals surface area contributed by atoms with Crippen molar-refractivity contribution in [3.05, 3.63) is 59.2 Å². The Balaban J connectivity index is 2.20. The van der Waals surface area contributed by atoms with Crippen LogP contribution in [-0.2, 0) is 15.9 Å². The summed E-state index contributed by atoms with van der Waals surface area (Å²) in [5.74, 6) is 0.107. The minimum atomic E-state index is -2.86. The zero-order chi connectivity index (χ0) is 18.2. The van der Waals surface area contributed by atoms with Gasteiger partial charge in [0.05, 0.1) is 12.7 Å². The van der Waals surface area contributed by atoms with E-state index in [1.807, 2.05) is 0 Å². The summed E-state index contributed by atoms with van der Waals surface area (Å²) in [5.41, 5.74) is 2.04. The zero-order valence-electron chi connectivity index (χ0n) is 13.8. The molecule has 0 spiro atoms. The van der Waals surface area contributed by atoms with Crippen LogP contribution in [0, 0.1) is 0 Å². The SMILES string of the molecule is COCOc1cc(C(=O)OC)ccc1Cc1ccc(OC(F)F)cc1. The van der Waals surface area contributed by atoms with Gasteiger partial charge < -0.3 is 18.9 Å². The average Bonchev–Trinajstić information content (AvgIpc) is 2.61. The average molecular weight is 352 g/mol. The summed E-state index contributed by atoms with van der Waals surface area (Å²) in [6.07, 6.45) is 0.482. The van der Waals surface area contributed by atoms with Crippen molar-refractivity contribution in [2.24, 2.45) is 0 Å². The first-order chi connectivity index (χ1) is 12.0. The molecule has 0 radical (unpaired) electrons. The topological polar surface area (TPSA) is 54.0 Å². The molecule has 2 aromatic rings. The summed E-state index contributed by atoms with van der Waals surface area (Å²) in [5, 5.41) is 0. The van der Waals surface area contributed by atoms with Crippen LogP contribution < -0.4 is 9.47 Å². The Labute approximate surface area is 144 Å². The van der Waals surface area contributed by atoms with E-state index >= 15 is 0 Å². The van der Waals surface area contributed by atoms with Crippen LogP contribution in [0.3, 0.4) is 0 Å². The second-order valence-corrected chi connectivity index (χ2v) is 5.06. The number of rotatable bonds is 8. The highest BCUT2D eigenvalue weighted by Gasteiger charge is 2.12. The maximum Gasteiger partial charge on any atom is 0.387 e. The zero-order valence-corrected chi connectivity index (χ0v) is 13.8. The first-order valence-corrected chi connectivity index (χ1v) is 7.40. The fourth-order valence-corrected chi connectivity index (χ4v) is 2.21. The molecule has 0 saturated heterocycles. The molecule has 0 heterocycles. The molecule has 0 amide bonds. The Bertz CT molecular complexity index is 701. The molecule has 25 heavy (non-hydrogen) atoms. The lowest BCUT2D eigenvalue weighted by Crippen LogP contribution is -2.06. The number of hydrogen-bond acceptors (Lipinski definition) is 5. The Morgan fingerprint density at radius 3 is 2.40 bits per heavy atom. The molecule has 134 valence electrons. The van der Waals surface area contributed by atoms with Crippen molar-refractivity contribution in [2.45, 2.75) is 13.0 Å². The highest BCUT2D eigenvalue weighted by molar-refractivity contribution is 5.89. The highest BCUT2D eigenvalue weighted by atomic mass is 19.3. The summed E-state index contributed by atoms with van der Waals surface area (Å²) in [4.78, 5) is 11.7. The monoisotopic (exact) mass is 352 g/mol. The van der Waals surface area contributed by atoms with Crippen molar-refractivity contribution in [3.63, 3.8) is 0 Å². The molecule has 0 aliphatic heterocycles. The smallest absolute Gasteiger partial charge is 0.387 e. The molecule has 0 bridgehead atoms. The molecule has 0 aliphatic rings. The quantitative estimate of drug-likeness (QED) is 0.536. The first kappa shape index (κ1) is 18.7. The van der Waals surface area contributed by atoms with E-state index in [0.717, 1.165) is 11.1 Å². The van der Waals surface area contributed by atoms with Gasteiger partial charge in [-0.05, 0) is 35.4 Å². The van der Waals surface area contributed by atoms with E-state index in [1.165, 1.54) is 26.4 Å². The largest absolute Gasteiger partial charge is 0.467 e. The Kier molecular flexibility index (Phi) is 6.71. The third-order valence-corrected chi connectivity index (χ3v) is 3.36. The van der Waals surface area contributed by atoms with Crippen LogP contribution in [0.2, 0.25) is 0 Å². The number of ether oxygens (including phenoxy) is 4. The van der Waals surface area contributed by atoms with Gasteiger partial charge in [0.25, 0.3) is 0 Å². The van der Waals surface area contributed by atoms with Crippen molar-refractivity contribution in [2.75, 3.05) is 21.0 Å². The van der Waals surface area contributed by atoms with Crippen LogP contribution >= 0.6 is 0 Å². The van der Waals surface area contributed by atoms with E-state index < -0.39 is 12.6 Å². The molecular formula is C18H18F2O5. The van der Waals surface area contributed by atoms with Crippen LogP contribution in [-0.4, -0.2) is 33.6 Å². The predicted molar refractivity (Wildman–Crippen MR) is 86.2 cm³/mol. The fourth-order valence-electron chi connectivity index (χ4n) is 2.21. The van der Waals surface area contributed by atoms with E-state index in [-0.39, 0.29) is 12.5 Å². The van der Waals surface area contributed by atoms with Gasteiger partial charge in [-0.15, -0.1) is 0 Å². The van der Waals surface area contributed by atoms with Crippen molar-refractivity contribution in [3.8, 4) is 11.5 Å². The van der Waals surface area contributed by atoms with Gasteiger partial charge in [0.2, 0.25) is 0 Å². The van der Waals surface area contributed by atoms with Crippen LogP contribution in [0.1, 0.15) is 21.5 Å². The Morgan fingerprint density at radius 1 is 1.08 bits per heavy atom. The Hall–Kier alpha value is -2.67. The lowest BCUT2D eigenvalue weighted by atomic mass is 10.0. The van der Waals surface area contributed by atoms with Gasteiger partial charge in [-0.1, -0.05) is 18.2 Å². The molecule has 7 heteroatoms. The number of carbonyl (C=O) groups excluding carboxylic acids is 1. The second-order valence-electron chi connectivity index (χ2n) is 5.06. The number of halogens is 2. The van der Waals surface area contributed by atoms with Gasteiger partial charge in [-0.2, -0.15) is 8.78 Å². The van der Waals surface area contributed by atoms with Gasteiger partial charge in [-0.25, -0.2) is 4.79 Å². The lowest BCUT2D eigenvalue weighted by Gasteiger charge is -2.13. The second kappa shape index (κ2) is 8.98. The van der Waals surface area contributed by atoms with Crippen LogP contribution in [0.25, 0.3) is 0 Å². The summed E-state index contributed by atoms with van der Waals surface area (Å²) >= 11 is 0. The van der Waals surface area contributed by atoms with Gasteiger partial charge in [0, 0.05) is 13.5 Å². The molecule has 0 fully saturated rings. The van der Waals surface area contributed by atoms with E-state index in [9.17, 15) is 13.6 Å². The van der Waals surface area contributed by atoms with E-state index in [4.69, 9.17) is 14.2 Å². The Morgan fingerprint density at radius 2 is 1.80 bits per heavy atom. The predicted octanol–water partition coefficient (Wildman–Crippen LogP) is 3.65. The third-order valence-electron chi connectivity index (χ3n) is 3.36. The molecular weight excluding hydrogens is 334 g/mol. The highest BCUT2D eigenvalue weighted by Crippen LogP contribution is 2.25. The van der Waals surface area contributed by atoms with Gasteiger partial charge in [0.15, 0.2) is 6.79 Å². The maximum absolute atomic E-state index is 12.2. The fraction of sp³-hybridized carbons (Fsp3) is 0.278. The molecule has 0 atom stereocenters. The third kappa shape index (κ3) is 5.42. The minimum absolute atomic E-state index is 0.0266. The number of alkyl halides is 2. The molecule has 5 nitrogen and oxygen atoms in total. The van der Waals surface area contributed by atoms with E-state index in [2.05, 4.69) is 4.74 Å². The standard InChI is InChI=1S/C18H18F2O5/c1-22-11-24-16-10-14(17(21)23-2)6-5-13(16)9-12-3-7-15(8-4-12)25-18(19)20/h3-8,10,18H,9,11H2,1-2H3. The van der Waals surface area contributed by atoms with Crippen LogP contribution in [0.15, 0.2) is 42.5 Å². The lowest BCUT2D eigenvalue weighted by molar-refractivity contribution is -0.0498. The summed E-state index contributed by atoms with van der Waals surface area (Å²) in [6.45, 7) is -2.83. The van der Waals surface area contributed by atoms with Crippen molar-refractivity contribution >= 4 is 5.97 Å². The molecule has 0 N–H and O–H groups in total. The minimum Gasteiger partial charge on any atom is -0.467 e. The molecule has 0 unspecified atom stereocenters. The van der Waals surface area contributed by atoms with Crippen molar-refractivity contribution < 1.29 is 32.5 Å². The van der Waals surface area contributed by atoms with Gasteiger partial charge in [-0.3, -0.25) is 0 Å². The normalized spacial score (nSPS) is 10.6. The van der Waals surface area contributed by atoms with E-state index in [1.54, 1.807) is 30.3 Å². The molecule has 0 aromatic heterocycles. The summed E-state index contributed by atoms with van der Waals surface area (Å²) in [7, 11) is 2.79. The number of carbonyl (C=O) groups is 1. The van der Waals surface area contributed by atoms with Gasteiger partial charge in [0.1, 0.15) is 11.5 Å². The first-order valence-electron chi connectivity index (χ1n) is 7.40. The van der Waals surface area contributed by atoms with Gasteiger partial charge >= 0.3 is 12.6 Å². The van der Waals surface area contributed by atoms with Crippen LogP contribution in [0.5, 0.6) is 11.5 Å². The number of esters is 1. The molecule has 2 rings (SSSR count). The van der Waals surface area contributed by atoms with E-state index in [0.29, 0.717) is 17.7 Å². The molecule has 0 saturated carbocycles. The number of methoxy groups -OCH3 is 2. The van der Waals surface area contributed by atoms with Crippen LogP contribution in [0.4, 0.5) is 8.78 Å². The summed E-state index contributed by atoms with van der Waals surface area (Å²) < 4.78 is 43.8. The summed E-state index contributed by atoms with van der Waals surface area (Å²) in [6, 6.07) is 11.3.